The Morgan fingerprint density at radius 3 is 2.76 bits per heavy atom. The number of ether oxygens (including phenoxy) is 1. The molecule has 1 N–H and O–H groups in total. The Hall–Kier alpha value is -0.590. The first-order chi connectivity index (χ1) is 8.11. The second-order valence-corrected chi connectivity index (χ2v) is 6.35. The zero-order chi connectivity index (χ0) is 12.4. The van der Waals surface area contributed by atoms with E-state index in [1.54, 1.807) is 18.1 Å². The van der Waals surface area contributed by atoms with Gasteiger partial charge < -0.3 is 14.7 Å². The van der Waals surface area contributed by atoms with Crippen LogP contribution in [0.15, 0.2) is 9.85 Å². The lowest BCUT2D eigenvalue weighted by Crippen LogP contribution is -2.39. The molecule has 1 aliphatic rings. The van der Waals surface area contributed by atoms with E-state index < -0.39 is 0 Å². The van der Waals surface area contributed by atoms with Crippen molar-refractivity contribution in [2.45, 2.75) is 18.9 Å². The van der Waals surface area contributed by atoms with Crippen molar-refractivity contribution >= 4 is 33.2 Å². The fourth-order valence-electron chi connectivity index (χ4n) is 1.82. The zero-order valence-electron chi connectivity index (χ0n) is 9.48. The van der Waals surface area contributed by atoms with Crippen molar-refractivity contribution in [3.05, 3.63) is 14.7 Å². The highest BCUT2D eigenvalue weighted by Gasteiger charge is 2.24. The van der Waals surface area contributed by atoms with E-state index in [4.69, 9.17) is 4.74 Å². The van der Waals surface area contributed by atoms with Gasteiger partial charge in [-0.3, -0.25) is 4.79 Å². The second kappa shape index (κ2) is 5.37. The molecule has 1 amide bonds. The third-order valence-electron chi connectivity index (χ3n) is 2.84. The van der Waals surface area contributed by atoms with Crippen molar-refractivity contribution in [3.63, 3.8) is 0 Å². The molecule has 0 bridgehead atoms. The summed E-state index contributed by atoms with van der Waals surface area (Å²) < 4.78 is 5.97. The molecule has 6 heteroatoms. The molecule has 0 unspecified atom stereocenters. The van der Waals surface area contributed by atoms with Gasteiger partial charge in [-0.15, -0.1) is 11.3 Å². The van der Waals surface area contributed by atoms with Crippen LogP contribution < -0.4 is 4.74 Å². The van der Waals surface area contributed by atoms with Crippen LogP contribution >= 0.6 is 27.3 Å². The highest BCUT2D eigenvalue weighted by Crippen LogP contribution is 2.35. The maximum atomic E-state index is 12.2. The smallest absolute Gasteiger partial charge is 0.264 e. The average molecular weight is 320 g/mol. The summed E-state index contributed by atoms with van der Waals surface area (Å²) in [5.41, 5.74) is 0. The number of nitrogens with zero attached hydrogens (tertiary/aromatic N) is 1. The first-order valence-corrected chi connectivity index (χ1v) is 7.03. The van der Waals surface area contributed by atoms with Gasteiger partial charge in [0, 0.05) is 19.2 Å². The Balaban J connectivity index is 2.08. The van der Waals surface area contributed by atoms with Crippen molar-refractivity contribution in [1.82, 2.24) is 4.90 Å². The zero-order valence-corrected chi connectivity index (χ0v) is 11.9. The molecule has 1 fully saturated rings. The number of hydrogen-bond donors (Lipinski definition) is 1. The summed E-state index contributed by atoms with van der Waals surface area (Å²) in [4.78, 5) is 14.6. The van der Waals surface area contributed by atoms with Gasteiger partial charge in [0.15, 0.2) is 0 Å². The summed E-state index contributed by atoms with van der Waals surface area (Å²) in [6, 6.07) is 1.75. The lowest BCUT2D eigenvalue weighted by molar-refractivity contribution is 0.0550. The highest BCUT2D eigenvalue weighted by atomic mass is 79.9. The Kier molecular flexibility index (Phi) is 4.06. The molecular weight excluding hydrogens is 306 g/mol. The van der Waals surface area contributed by atoms with Gasteiger partial charge in [0.1, 0.15) is 9.54 Å². The lowest BCUT2D eigenvalue weighted by atomic mass is 10.1. The molecule has 1 aromatic rings. The highest BCUT2D eigenvalue weighted by molar-refractivity contribution is 9.11. The molecular formula is C11H14BrNO3S. The predicted molar refractivity (Wildman–Crippen MR) is 69.7 cm³/mol. The minimum atomic E-state index is -0.261. The van der Waals surface area contributed by atoms with Crippen molar-refractivity contribution in [1.29, 1.82) is 0 Å². The SMILES string of the molecule is COc1cc(C(=O)N2CCC(O)CC2)sc1Br. The van der Waals surface area contributed by atoms with E-state index in [9.17, 15) is 9.90 Å². The van der Waals surface area contributed by atoms with Gasteiger partial charge >= 0.3 is 0 Å². The standard InChI is InChI=1S/C11H14BrNO3S/c1-16-8-6-9(17-10(8)12)11(15)13-4-2-7(14)3-5-13/h6-7,14H,2-5H2,1H3. The Morgan fingerprint density at radius 1 is 1.59 bits per heavy atom. The van der Waals surface area contributed by atoms with E-state index in [2.05, 4.69) is 15.9 Å². The van der Waals surface area contributed by atoms with Gasteiger partial charge in [0.05, 0.1) is 18.1 Å². The van der Waals surface area contributed by atoms with Gasteiger partial charge in [-0.05, 0) is 28.8 Å². The minimum Gasteiger partial charge on any atom is -0.495 e. The first kappa shape index (κ1) is 12.9. The van der Waals surface area contributed by atoms with Gasteiger partial charge in [-0.1, -0.05) is 0 Å². The molecule has 1 aliphatic heterocycles. The van der Waals surface area contributed by atoms with Crippen LogP contribution in [0.2, 0.25) is 0 Å². The summed E-state index contributed by atoms with van der Waals surface area (Å²) in [5.74, 6) is 0.710. The molecule has 0 aromatic carbocycles. The quantitative estimate of drug-likeness (QED) is 0.908. The predicted octanol–water partition coefficient (Wildman–Crippen LogP) is 2.12. The number of carbonyl (C=O) groups is 1. The monoisotopic (exact) mass is 319 g/mol. The molecule has 1 saturated heterocycles. The van der Waals surface area contributed by atoms with Gasteiger partial charge in [0.2, 0.25) is 0 Å². The number of piperidine rings is 1. The Labute approximate surface area is 112 Å². The molecule has 0 atom stereocenters. The second-order valence-electron chi connectivity index (χ2n) is 3.98. The van der Waals surface area contributed by atoms with Crippen LogP contribution in [0.25, 0.3) is 0 Å². The molecule has 0 aliphatic carbocycles. The number of likely N-dealkylation sites (tertiary alicyclic amines) is 1. The fourth-order valence-corrected chi connectivity index (χ4v) is 3.44. The van der Waals surface area contributed by atoms with Gasteiger partial charge in [0.25, 0.3) is 5.91 Å². The van der Waals surface area contributed by atoms with Gasteiger partial charge in [-0.2, -0.15) is 0 Å². The summed E-state index contributed by atoms with van der Waals surface area (Å²) in [6.07, 6.45) is 1.06. The molecule has 4 nitrogen and oxygen atoms in total. The number of thiophene rings is 1. The third-order valence-corrected chi connectivity index (χ3v) is 4.61. The molecule has 0 radical (unpaired) electrons. The summed E-state index contributed by atoms with van der Waals surface area (Å²) in [7, 11) is 1.58. The number of amides is 1. The number of halogens is 1. The molecule has 0 saturated carbocycles. The normalized spacial score (nSPS) is 17.2. The molecule has 0 spiro atoms. The molecule has 94 valence electrons. The number of methoxy groups -OCH3 is 1. The summed E-state index contributed by atoms with van der Waals surface area (Å²) >= 11 is 4.74. The van der Waals surface area contributed by atoms with Crippen LogP contribution in [0.4, 0.5) is 0 Å². The van der Waals surface area contributed by atoms with Crippen LogP contribution in [-0.4, -0.2) is 42.2 Å². The first-order valence-electron chi connectivity index (χ1n) is 5.42. The number of aliphatic hydroxyl groups excluding tert-OH is 1. The van der Waals surface area contributed by atoms with Crippen molar-refractivity contribution in [2.24, 2.45) is 0 Å². The van der Waals surface area contributed by atoms with Crippen LogP contribution in [0.1, 0.15) is 22.5 Å². The summed E-state index contributed by atoms with van der Waals surface area (Å²) in [6.45, 7) is 1.25. The third kappa shape index (κ3) is 2.81. The minimum absolute atomic E-state index is 0.0194. The van der Waals surface area contributed by atoms with Crippen LogP contribution in [0, 0.1) is 0 Å². The Bertz CT molecular complexity index is 413. The van der Waals surface area contributed by atoms with Crippen molar-refractivity contribution < 1.29 is 14.6 Å². The molecule has 17 heavy (non-hydrogen) atoms. The number of carbonyl (C=O) groups excluding carboxylic acids is 1. The van der Waals surface area contributed by atoms with E-state index >= 15 is 0 Å². The lowest BCUT2D eigenvalue weighted by Gasteiger charge is -2.29. The van der Waals surface area contributed by atoms with Crippen molar-refractivity contribution in [2.75, 3.05) is 20.2 Å². The number of hydrogen-bond acceptors (Lipinski definition) is 4. The molecule has 2 heterocycles. The van der Waals surface area contributed by atoms with Crippen LogP contribution in [0.5, 0.6) is 5.75 Å². The van der Waals surface area contributed by atoms with E-state index in [-0.39, 0.29) is 12.0 Å². The van der Waals surface area contributed by atoms with E-state index in [0.717, 1.165) is 3.79 Å². The average Bonchev–Trinajstić information content (AvgIpc) is 2.70. The van der Waals surface area contributed by atoms with E-state index in [0.29, 0.717) is 36.6 Å². The van der Waals surface area contributed by atoms with Crippen molar-refractivity contribution in [3.8, 4) is 5.75 Å². The van der Waals surface area contributed by atoms with Gasteiger partial charge in [-0.25, -0.2) is 0 Å². The number of rotatable bonds is 2. The molecule has 2 rings (SSSR count). The Morgan fingerprint density at radius 2 is 2.24 bits per heavy atom. The summed E-state index contributed by atoms with van der Waals surface area (Å²) in [5, 5.41) is 9.40. The maximum Gasteiger partial charge on any atom is 0.264 e. The van der Waals surface area contributed by atoms with E-state index in [1.165, 1.54) is 11.3 Å². The van der Waals surface area contributed by atoms with Crippen LogP contribution in [0.3, 0.4) is 0 Å². The van der Waals surface area contributed by atoms with E-state index in [1.807, 2.05) is 0 Å². The maximum absolute atomic E-state index is 12.2. The van der Waals surface area contributed by atoms with Crippen LogP contribution in [-0.2, 0) is 0 Å². The molecule has 1 aromatic heterocycles. The fraction of sp³-hybridized carbons (Fsp3) is 0.545. The topological polar surface area (TPSA) is 49.8 Å². The number of aliphatic hydroxyl groups is 1. The largest absolute Gasteiger partial charge is 0.495 e.